The topological polar surface area (TPSA) is 112 Å². The fraction of sp³-hybridized carbons (Fsp3) is 0. The molecular weight excluding hydrogens is 164 g/mol. The van der Waals surface area contributed by atoms with E-state index in [1.165, 1.54) is 0 Å². The summed E-state index contributed by atoms with van der Waals surface area (Å²) in [5.41, 5.74) is 0. The average molecular weight is 165 g/mol. The molecule has 7 heavy (non-hydrogen) atoms. The molecule has 0 aliphatic carbocycles. The van der Waals surface area contributed by atoms with Gasteiger partial charge in [-0.15, -0.1) is 0 Å². The molecule has 0 spiro atoms. The van der Waals surface area contributed by atoms with Gasteiger partial charge in [0.1, 0.15) is 0 Å². The van der Waals surface area contributed by atoms with E-state index >= 15 is 0 Å². The van der Waals surface area contributed by atoms with Gasteiger partial charge in [-0.2, -0.15) is 0 Å². The zero-order chi connectivity index (χ0) is 6.50. The van der Waals surface area contributed by atoms with Crippen LogP contribution in [0, 0.1) is 0 Å². The van der Waals surface area contributed by atoms with Crippen molar-refractivity contribution in [2.75, 3.05) is 0 Å². The third-order valence-corrected chi connectivity index (χ3v) is 0. The van der Waals surface area contributed by atoms with Crippen molar-refractivity contribution in [3.63, 3.8) is 0 Å². The second-order valence-corrected chi connectivity index (χ2v) is 1.50. The van der Waals surface area contributed by atoms with Gasteiger partial charge in [-0.25, -0.2) is 0 Å². The molecule has 0 saturated carbocycles. The molecule has 0 aromatic heterocycles. The van der Waals surface area contributed by atoms with Crippen LogP contribution < -0.4 is 19.2 Å². The third kappa shape index (κ3) is 468. The van der Waals surface area contributed by atoms with Gasteiger partial charge in [-0.1, -0.05) is 0 Å². The number of hydrogen-bond acceptors (Lipinski definition) is 5. The number of rotatable bonds is 0. The summed E-state index contributed by atoms with van der Waals surface area (Å²) in [7, 11) is -5.61. The van der Waals surface area contributed by atoms with E-state index in [9.17, 15) is 0 Å². The fourth-order valence-electron chi connectivity index (χ4n) is 0. The molecule has 5 nitrogen and oxygen atoms in total. The van der Waals surface area contributed by atoms with Crippen molar-refractivity contribution >= 4 is 9.05 Å². The van der Waals surface area contributed by atoms with Crippen molar-refractivity contribution in [3.05, 3.63) is 0 Å². The van der Waals surface area contributed by atoms with Gasteiger partial charge >= 0.3 is 20.5 Å². The van der Waals surface area contributed by atoms with E-state index in [1.54, 1.807) is 0 Å². The predicted molar refractivity (Wildman–Crippen MR) is 7.97 cm³/mol. The van der Waals surface area contributed by atoms with Crippen LogP contribution in [0.4, 0.5) is 0 Å². The molecule has 0 bridgehead atoms. The van der Waals surface area contributed by atoms with Gasteiger partial charge in [0.2, 0.25) is 0 Å². The Morgan fingerprint density at radius 2 is 1.00 bits per heavy atom. The molecule has 0 aromatic rings. The van der Waals surface area contributed by atoms with Gasteiger partial charge in [0, 0.05) is 0 Å². The Kier molecular flexibility index (Phi) is 7.04. The Bertz CT molecular complexity index is 23.6. The first kappa shape index (κ1) is 10.5. The van der Waals surface area contributed by atoms with E-state index in [2.05, 4.69) is 16.3 Å². The molecule has 1 N–H and O–H groups in total. The Morgan fingerprint density at radius 3 is 1.00 bits per heavy atom. The Labute approximate surface area is 49.5 Å². The summed E-state index contributed by atoms with van der Waals surface area (Å²) in [6.45, 7) is 0. The van der Waals surface area contributed by atoms with E-state index in [1.807, 2.05) is 0 Å². The molecule has 0 aliphatic heterocycles. The van der Waals surface area contributed by atoms with Gasteiger partial charge in [-0.05, 0) is 0 Å². The Hall–Kier alpha value is 0.536. The summed E-state index contributed by atoms with van der Waals surface area (Å²) in [6.07, 6.45) is 0. The van der Waals surface area contributed by atoms with Gasteiger partial charge in [0.05, 0.1) is 0 Å². The van der Waals surface area contributed by atoms with Crippen LogP contribution in [0.15, 0.2) is 0 Å². The first-order valence-electron chi connectivity index (χ1n) is 0.975. The quantitative estimate of drug-likeness (QED) is 0.359. The van der Waals surface area contributed by atoms with Crippen molar-refractivity contribution < 1.29 is 39.7 Å². The van der Waals surface area contributed by atoms with Crippen molar-refractivity contribution in [1.29, 1.82) is 0 Å². The standard InChI is InChI=1S/Fe.O4Si.H2O/c;1-5(2,3)4;/h;;1H2/q+5;-4;/p-1. The maximum absolute atomic E-state index is 8.58. The second kappa shape index (κ2) is 4.69. The summed E-state index contributed by atoms with van der Waals surface area (Å²) >= 11 is 2.25. The SMILES string of the molecule is [O-][Si]([O-])([O-])[O-].[OH][Fe+4]. The molecular formula is HFeO5Si. The van der Waals surface area contributed by atoms with E-state index in [0.717, 1.165) is 0 Å². The molecule has 7 heteroatoms. The minimum atomic E-state index is -5.61. The van der Waals surface area contributed by atoms with Gasteiger partial charge < -0.3 is 28.2 Å². The van der Waals surface area contributed by atoms with Crippen molar-refractivity contribution in [2.45, 2.75) is 0 Å². The monoisotopic (exact) mass is 165 g/mol. The van der Waals surface area contributed by atoms with Gasteiger partial charge in [-0.3, -0.25) is 0 Å². The van der Waals surface area contributed by atoms with E-state index in [-0.39, 0.29) is 0 Å². The zero-order valence-electron chi connectivity index (χ0n) is 2.93. The maximum atomic E-state index is 8.58. The van der Waals surface area contributed by atoms with Crippen molar-refractivity contribution in [1.82, 2.24) is 0 Å². The Balaban J connectivity index is 0. The van der Waals surface area contributed by atoms with Gasteiger partial charge in [0.15, 0.2) is 0 Å². The molecule has 0 aliphatic rings. The molecule has 0 aromatic carbocycles. The van der Waals surface area contributed by atoms with Crippen LogP contribution >= 0.6 is 0 Å². The van der Waals surface area contributed by atoms with Crippen molar-refractivity contribution in [3.8, 4) is 0 Å². The summed E-state index contributed by atoms with van der Waals surface area (Å²) in [6, 6.07) is 0. The first-order chi connectivity index (χ1) is 3.00. The molecule has 0 atom stereocenters. The third-order valence-electron chi connectivity index (χ3n) is 0. The molecule has 0 saturated heterocycles. The molecule has 43 valence electrons. The second-order valence-electron chi connectivity index (χ2n) is 0.500. The van der Waals surface area contributed by atoms with Crippen molar-refractivity contribution in [2.24, 2.45) is 0 Å². The van der Waals surface area contributed by atoms with Crippen LogP contribution in [0.25, 0.3) is 0 Å². The Morgan fingerprint density at radius 1 is 1.00 bits per heavy atom. The minimum absolute atomic E-state index is 2.25. The van der Waals surface area contributed by atoms with E-state index in [4.69, 9.17) is 23.4 Å². The molecule has 0 rings (SSSR count). The molecule has 0 amide bonds. The van der Waals surface area contributed by atoms with Crippen LogP contribution in [-0.4, -0.2) is 13.2 Å². The fourth-order valence-corrected chi connectivity index (χ4v) is 0. The van der Waals surface area contributed by atoms with Crippen LogP contribution in [0.2, 0.25) is 0 Å². The van der Waals surface area contributed by atoms with E-state index < -0.39 is 9.05 Å². The molecule has 0 fully saturated rings. The average Bonchev–Trinajstić information content (AvgIpc) is 1.36. The van der Waals surface area contributed by atoms with E-state index in [0.29, 0.717) is 0 Å². The molecule has 0 heterocycles. The van der Waals surface area contributed by atoms with Crippen LogP contribution in [0.3, 0.4) is 0 Å². The molecule has 0 radical (unpaired) electrons. The molecule has 0 unspecified atom stereocenters. The zero-order valence-corrected chi connectivity index (χ0v) is 5.04. The summed E-state index contributed by atoms with van der Waals surface area (Å²) < 4.78 is 6.75. The predicted octanol–water partition coefficient (Wildman–Crippen LogP) is -5.70. The normalized spacial score (nSPS) is 9.14. The van der Waals surface area contributed by atoms with Crippen LogP contribution in [-0.2, 0) is 16.3 Å². The van der Waals surface area contributed by atoms with Crippen LogP contribution in [0.5, 0.6) is 0 Å². The summed E-state index contributed by atoms with van der Waals surface area (Å²) in [5.74, 6) is 0. The summed E-state index contributed by atoms with van der Waals surface area (Å²) in [4.78, 5) is 34.3. The van der Waals surface area contributed by atoms with Crippen LogP contribution in [0.1, 0.15) is 0 Å². The summed E-state index contributed by atoms with van der Waals surface area (Å²) in [5, 5.41) is 0. The van der Waals surface area contributed by atoms with Gasteiger partial charge in [0.25, 0.3) is 0 Å². The first-order valence-corrected chi connectivity index (χ1v) is 3.10. The number of hydrogen-bond donors (Lipinski definition) is 1.